The number of hydrogen-bond acceptors (Lipinski definition) is 2. The van der Waals surface area contributed by atoms with E-state index in [1.807, 2.05) is 49.5 Å². The second-order valence-corrected chi connectivity index (χ2v) is 4.37. The van der Waals surface area contributed by atoms with Crippen molar-refractivity contribution in [2.75, 3.05) is 14.1 Å². The third-order valence-corrected chi connectivity index (χ3v) is 2.97. The SMILES string of the molecule is CN(C)C(CC(=O)O)c1c[nH]c2ccccc12. The number of aromatic nitrogens is 1. The molecule has 1 aromatic heterocycles. The molecule has 0 saturated heterocycles. The second-order valence-electron chi connectivity index (χ2n) is 4.37. The lowest BCUT2D eigenvalue weighted by Crippen LogP contribution is -2.22. The summed E-state index contributed by atoms with van der Waals surface area (Å²) in [5.41, 5.74) is 2.08. The van der Waals surface area contributed by atoms with Gasteiger partial charge in [0.1, 0.15) is 0 Å². The van der Waals surface area contributed by atoms with Crippen LogP contribution in [0.15, 0.2) is 30.5 Å². The van der Waals surface area contributed by atoms with Crippen molar-refractivity contribution in [3.63, 3.8) is 0 Å². The zero-order valence-corrected chi connectivity index (χ0v) is 9.97. The molecule has 0 radical (unpaired) electrons. The van der Waals surface area contributed by atoms with Crippen LogP contribution in [-0.2, 0) is 4.79 Å². The highest BCUT2D eigenvalue weighted by Gasteiger charge is 2.20. The number of nitrogens with one attached hydrogen (secondary N) is 1. The molecule has 0 aliphatic carbocycles. The van der Waals surface area contributed by atoms with Crippen molar-refractivity contribution in [2.45, 2.75) is 12.5 Å². The molecule has 17 heavy (non-hydrogen) atoms. The predicted octanol–water partition coefficient (Wildman–Crippen LogP) is 2.25. The molecular formula is C13H16N2O2. The van der Waals surface area contributed by atoms with Gasteiger partial charge in [0.2, 0.25) is 0 Å². The molecule has 0 saturated carbocycles. The van der Waals surface area contributed by atoms with Gasteiger partial charge in [0, 0.05) is 23.1 Å². The van der Waals surface area contributed by atoms with Crippen molar-refractivity contribution in [1.29, 1.82) is 0 Å². The van der Waals surface area contributed by atoms with Gasteiger partial charge in [-0.2, -0.15) is 0 Å². The van der Waals surface area contributed by atoms with E-state index in [0.29, 0.717) is 0 Å². The highest BCUT2D eigenvalue weighted by atomic mass is 16.4. The first kappa shape index (κ1) is 11.7. The maximum Gasteiger partial charge on any atom is 0.305 e. The van der Waals surface area contributed by atoms with E-state index in [2.05, 4.69) is 4.98 Å². The highest BCUT2D eigenvalue weighted by Crippen LogP contribution is 2.29. The number of H-pyrrole nitrogens is 1. The molecule has 4 heteroatoms. The van der Waals surface area contributed by atoms with Crippen LogP contribution in [0.1, 0.15) is 18.0 Å². The molecule has 1 heterocycles. The van der Waals surface area contributed by atoms with Gasteiger partial charge in [0.15, 0.2) is 0 Å². The standard InChI is InChI=1S/C13H16N2O2/c1-15(2)12(7-13(16)17)10-8-14-11-6-4-3-5-9(10)11/h3-6,8,12,14H,7H2,1-2H3,(H,16,17). The van der Waals surface area contributed by atoms with Gasteiger partial charge in [-0.3, -0.25) is 4.79 Å². The van der Waals surface area contributed by atoms with E-state index in [0.717, 1.165) is 16.5 Å². The quantitative estimate of drug-likeness (QED) is 0.850. The van der Waals surface area contributed by atoms with E-state index in [1.165, 1.54) is 0 Å². The monoisotopic (exact) mass is 232 g/mol. The lowest BCUT2D eigenvalue weighted by atomic mass is 10.0. The summed E-state index contributed by atoms with van der Waals surface area (Å²) in [6.07, 6.45) is 2.01. The van der Waals surface area contributed by atoms with Crippen molar-refractivity contribution in [1.82, 2.24) is 9.88 Å². The molecule has 0 aliphatic heterocycles. The first-order valence-electron chi connectivity index (χ1n) is 5.54. The number of fused-ring (bicyclic) bond motifs is 1. The molecule has 0 bridgehead atoms. The first-order valence-corrected chi connectivity index (χ1v) is 5.54. The van der Waals surface area contributed by atoms with Crippen LogP contribution in [0.4, 0.5) is 0 Å². The third-order valence-electron chi connectivity index (χ3n) is 2.97. The minimum atomic E-state index is -0.783. The number of carboxylic acid groups (broad SMARTS) is 1. The molecule has 0 spiro atoms. The van der Waals surface area contributed by atoms with Gasteiger partial charge in [0.25, 0.3) is 0 Å². The number of aliphatic carboxylic acids is 1. The summed E-state index contributed by atoms with van der Waals surface area (Å²) >= 11 is 0. The Morgan fingerprint density at radius 3 is 2.76 bits per heavy atom. The summed E-state index contributed by atoms with van der Waals surface area (Å²) in [6.45, 7) is 0. The molecular weight excluding hydrogens is 216 g/mol. The Hall–Kier alpha value is -1.81. The summed E-state index contributed by atoms with van der Waals surface area (Å²) in [5, 5.41) is 10.1. The van der Waals surface area contributed by atoms with Gasteiger partial charge >= 0.3 is 5.97 Å². The fraction of sp³-hybridized carbons (Fsp3) is 0.308. The number of nitrogens with zero attached hydrogens (tertiary/aromatic N) is 1. The van der Waals surface area contributed by atoms with Crippen molar-refractivity contribution >= 4 is 16.9 Å². The molecule has 2 aromatic rings. The van der Waals surface area contributed by atoms with Crippen LogP contribution in [0.3, 0.4) is 0 Å². The summed E-state index contributed by atoms with van der Waals surface area (Å²) in [7, 11) is 3.80. The van der Waals surface area contributed by atoms with Gasteiger partial charge in [0.05, 0.1) is 6.42 Å². The van der Waals surface area contributed by atoms with E-state index in [1.54, 1.807) is 0 Å². The minimum Gasteiger partial charge on any atom is -0.481 e. The molecule has 2 rings (SSSR count). The summed E-state index contributed by atoms with van der Waals surface area (Å²) in [4.78, 5) is 16.0. The molecule has 0 aliphatic rings. The van der Waals surface area contributed by atoms with Crippen molar-refractivity contribution < 1.29 is 9.90 Å². The third kappa shape index (κ3) is 2.31. The number of hydrogen-bond donors (Lipinski definition) is 2. The lowest BCUT2D eigenvalue weighted by molar-refractivity contribution is -0.138. The fourth-order valence-electron chi connectivity index (χ4n) is 2.11. The van der Waals surface area contributed by atoms with Crippen LogP contribution in [0.5, 0.6) is 0 Å². The molecule has 2 N–H and O–H groups in total. The molecule has 0 amide bonds. The first-order chi connectivity index (χ1) is 8.09. The topological polar surface area (TPSA) is 56.3 Å². The average Bonchev–Trinajstić information content (AvgIpc) is 2.69. The highest BCUT2D eigenvalue weighted by molar-refractivity contribution is 5.84. The van der Waals surface area contributed by atoms with Crippen LogP contribution in [-0.4, -0.2) is 35.1 Å². The van der Waals surface area contributed by atoms with Crippen LogP contribution in [0.25, 0.3) is 10.9 Å². The Balaban J connectivity index is 2.45. The maximum atomic E-state index is 10.9. The van der Waals surface area contributed by atoms with E-state index < -0.39 is 5.97 Å². The van der Waals surface area contributed by atoms with Gasteiger partial charge in [-0.05, 0) is 25.7 Å². The van der Waals surface area contributed by atoms with Crippen LogP contribution < -0.4 is 0 Å². The normalized spacial score (nSPS) is 13.1. The second kappa shape index (κ2) is 4.59. The Morgan fingerprint density at radius 2 is 2.12 bits per heavy atom. The summed E-state index contributed by atoms with van der Waals surface area (Å²) in [5.74, 6) is -0.783. The van der Waals surface area contributed by atoms with Crippen molar-refractivity contribution in [3.8, 4) is 0 Å². The largest absolute Gasteiger partial charge is 0.481 e. The van der Waals surface area contributed by atoms with Gasteiger partial charge in [-0.1, -0.05) is 18.2 Å². The van der Waals surface area contributed by atoms with E-state index in [-0.39, 0.29) is 12.5 Å². The number of carbonyl (C=O) groups is 1. The fourth-order valence-corrected chi connectivity index (χ4v) is 2.11. The number of rotatable bonds is 4. The van der Waals surface area contributed by atoms with Crippen molar-refractivity contribution in [3.05, 3.63) is 36.0 Å². The Labute approximate surface area is 99.9 Å². The molecule has 1 aromatic carbocycles. The molecule has 1 unspecified atom stereocenters. The minimum absolute atomic E-state index is 0.106. The van der Waals surface area contributed by atoms with E-state index >= 15 is 0 Å². The summed E-state index contributed by atoms with van der Waals surface area (Å²) in [6, 6.07) is 7.83. The Morgan fingerprint density at radius 1 is 1.41 bits per heavy atom. The van der Waals surface area contributed by atoms with Crippen LogP contribution in [0.2, 0.25) is 0 Å². The lowest BCUT2D eigenvalue weighted by Gasteiger charge is -2.22. The zero-order valence-electron chi connectivity index (χ0n) is 9.97. The van der Waals surface area contributed by atoms with Crippen LogP contribution in [0, 0.1) is 0 Å². The number of benzene rings is 1. The molecule has 90 valence electrons. The van der Waals surface area contributed by atoms with Gasteiger partial charge in [-0.15, -0.1) is 0 Å². The Bertz CT molecular complexity index is 531. The van der Waals surface area contributed by atoms with Gasteiger partial charge in [-0.25, -0.2) is 0 Å². The number of para-hydroxylation sites is 1. The molecule has 0 fully saturated rings. The average molecular weight is 232 g/mol. The molecule has 1 atom stereocenters. The van der Waals surface area contributed by atoms with Gasteiger partial charge < -0.3 is 15.0 Å². The van der Waals surface area contributed by atoms with Crippen LogP contribution >= 0.6 is 0 Å². The number of aromatic amines is 1. The number of carboxylic acids is 1. The predicted molar refractivity (Wildman–Crippen MR) is 67.0 cm³/mol. The van der Waals surface area contributed by atoms with Crippen molar-refractivity contribution in [2.24, 2.45) is 0 Å². The smallest absolute Gasteiger partial charge is 0.305 e. The molecule has 4 nitrogen and oxygen atoms in total. The zero-order chi connectivity index (χ0) is 12.4. The Kier molecular flexibility index (Phi) is 3.15. The summed E-state index contributed by atoms with van der Waals surface area (Å²) < 4.78 is 0. The maximum absolute atomic E-state index is 10.9. The van der Waals surface area contributed by atoms with E-state index in [4.69, 9.17) is 5.11 Å². The van der Waals surface area contributed by atoms with E-state index in [9.17, 15) is 4.79 Å².